The lowest BCUT2D eigenvalue weighted by molar-refractivity contribution is 0.669. The molecule has 0 saturated carbocycles. The summed E-state index contributed by atoms with van der Waals surface area (Å²) < 4.78 is 8.59. The van der Waals surface area contributed by atoms with Gasteiger partial charge >= 0.3 is 0 Å². The van der Waals surface area contributed by atoms with Crippen LogP contribution in [0.1, 0.15) is 0 Å². The average Bonchev–Trinajstić information content (AvgIpc) is 3.73. The maximum absolute atomic E-state index is 6.21. The number of nitrogens with zero attached hydrogens (tertiary/aromatic N) is 1. The molecule has 0 unspecified atom stereocenters. The Balaban J connectivity index is 1.12. The van der Waals surface area contributed by atoms with Crippen molar-refractivity contribution < 1.29 is 4.42 Å². The molecule has 2 heterocycles. The van der Waals surface area contributed by atoms with Gasteiger partial charge in [0.05, 0.1) is 11.0 Å². The Bertz CT molecular complexity index is 3030. The van der Waals surface area contributed by atoms with Crippen LogP contribution in [-0.4, -0.2) is 4.57 Å². The minimum atomic E-state index is 0.926. The number of hydrogen-bond acceptors (Lipinski definition) is 1. The van der Waals surface area contributed by atoms with E-state index in [9.17, 15) is 0 Å². The topological polar surface area (TPSA) is 18.1 Å². The van der Waals surface area contributed by atoms with Crippen molar-refractivity contribution in [3.63, 3.8) is 0 Å². The number of benzene rings is 9. The molecule has 9 aromatic carbocycles. The smallest absolute Gasteiger partial charge is 0.136 e. The van der Waals surface area contributed by atoms with E-state index in [4.69, 9.17) is 4.42 Å². The van der Waals surface area contributed by atoms with Gasteiger partial charge in [0, 0.05) is 27.2 Å². The number of hydrogen-bond donors (Lipinski definition) is 0. The first-order valence-corrected chi connectivity index (χ1v) is 17.2. The van der Waals surface area contributed by atoms with Crippen molar-refractivity contribution in [2.24, 2.45) is 0 Å². The van der Waals surface area contributed by atoms with Crippen molar-refractivity contribution in [1.29, 1.82) is 0 Å². The number of fused-ring (bicyclic) bond motifs is 10. The molecule has 0 bridgehead atoms. The zero-order chi connectivity index (χ0) is 32.8. The third kappa shape index (κ3) is 3.85. The Morgan fingerprint density at radius 2 is 0.840 bits per heavy atom. The van der Waals surface area contributed by atoms with E-state index in [2.05, 4.69) is 168 Å². The third-order valence-electron chi connectivity index (χ3n) is 10.6. The maximum Gasteiger partial charge on any atom is 0.136 e. The van der Waals surface area contributed by atoms with Crippen molar-refractivity contribution >= 4 is 76.1 Å². The van der Waals surface area contributed by atoms with Crippen LogP contribution in [0.2, 0.25) is 0 Å². The Morgan fingerprint density at radius 3 is 1.46 bits per heavy atom. The van der Waals surface area contributed by atoms with E-state index in [0.717, 1.165) is 22.2 Å². The summed E-state index contributed by atoms with van der Waals surface area (Å²) in [4.78, 5) is 0. The molecule has 2 nitrogen and oxygen atoms in total. The minimum absolute atomic E-state index is 0.926. The normalized spacial score (nSPS) is 12.0. The monoisotopic (exact) mass is 635 g/mol. The highest BCUT2D eigenvalue weighted by atomic mass is 16.3. The van der Waals surface area contributed by atoms with Crippen LogP contribution >= 0.6 is 0 Å². The quantitative estimate of drug-likeness (QED) is 0.177. The number of rotatable bonds is 3. The van der Waals surface area contributed by atoms with Crippen molar-refractivity contribution in [2.45, 2.75) is 0 Å². The van der Waals surface area contributed by atoms with Gasteiger partial charge in [0.25, 0.3) is 0 Å². The van der Waals surface area contributed by atoms with Gasteiger partial charge in [-0.3, -0.25) is 0 Å². The molecule has 0 aliphatic rings. The van der Waals surface area contributed by atoms with Crippen molar-refractivity contribution in [1.82, 2.24) is 4.57 Å². The summed E-state index contributed by atoms with van der Waals surface area (Å²) in [5.41, 5.74) is 10.4. The molecule has 2 heteroatoms. The van der Waals surface area contributed by atoms with E-state index in [0.29, 0.717) is 0 Å². The highest BCUT2D eigenvalue weighted by molar-refractivity contribution is 6.23. The Hall–Kier alpha value is -6.64. The van der Waals surface area contributed by atoms with Gasteiger partial charge in [0.1, 0.15) is 11.2 Å². The number of furan rings is 1. The molecule has 0 spiro atoms. The molecule has 0 fully saturated rings. The first-order chi connectivity index (χ1) is 24.8. The summed E-state index contributed by atoms with van der Waals surface area (Å²) in [5.74, 6) is 0. The first kappa shape index (κ1) is 27.3. The highest BCUT2D eigenvalue weighted by Crippen LogP contribution is 2.45. The summed E-state index contributed by atoms with van der Waals surface area (Å²) in [6, 6.07) is 63.9. The standard InChI is InChI=1S/C48H29NO/c1-3-15-39-37(13-1)46(30-21-25-33(26-22-30)49-42-18-8-5-11-35(42)36-12-6-9-19-43(36)49)38-14-2-4-16-40(38)47(39)32-23-27-34-31(29-32)24-28-45-48(34)41-17-7-10-20-44(41)50-45/h1-29H. The van der Waals surface area contributed by atoms with Crippen molar-refractivity contribution in [2.75, 3.05) is 0 Å². The molecular formula is C48H29NO. The molecule has 0 atom stereocenters. The Labute approximate surface area is 288 Å². The zero-order valence-corrected chi connectivity index (χ0v) is 27.1. The zero-order valence-electron chi connectivity index (χ0n) is 27.1. The number of para-hydroxylation sites is 3. The Morgan fingerprint density at radius 1 is 0.340 bits per heavy atom. The fourth-order valence-electron chi connectivity index (χ4n) is 8.44. The van der Waals surface area contributed by atoms with Crippen LogP contribution in [0.15, 0.2) is 180 Å². The molecule has 11 aromatic rings. The Kier molecular flexibility index (Phi) is 5.70. The van der Waals surface area contributed by atoms with Crippen LogP contribution in [0.3, 0.4) is 0 Å². The SMILES string of the molecule is c1ccc2c(c1)oc1ccc3cc(-c4c5ccccc5c(-c5ccc(-n6c7ccccc7c7ccccc76)cc5)c5ccccc45)ccc3c12. The largest absolute Gasteiger partial charge is 0.456 e. The van der Waals surface area contributed by atoms with Gasteiger partial charge in [-0.25, -0.2) is 0 Å². The van der Waals surface area contributed by atoms with E-state index in [1.807, 2.05) is 12.1 Å². The van der Waals surface area contributed by atoms with Crippen LogP contribution in [0.5, 0.6) is 0 Å². The lowest BCUT2D eigenvalue weighted by Gasteiger charge is -2.18. The predicted molar refractivity (Wildman–Crippen MR) is 211 cm³/mol. The lowest BCUT2D eigenvalue weighted by atomic mass is 9.85. The van der Waals surface area contributed by atoms with Crippen LogP contribution in [-0.2, 0) is 0 Å². The molecule has 11 rings (SSSR count). The lowest BCUT2D eigenvalue weighted by Crippen LogP contribution is -1.94. The second-order valence-corrected chi connectivity index (χ2v) is 13.2. The maximum atomic E-state index is 6.21. The summed E-state index contributed by atoms with van der Waals surface area (Å²) in [5, 5.41) is 12.3. The summed E-state index contributed by atoms with van der Waals surface area (Å²) in [7, 11) is 0. The van der Waals surface area contributed by atoms with Crippen LogP contribution < -0.4 is 0 Å². The molecule has 50 heavy (non-hydrogen) atoms. The average molecular weight is 636 g/mol. The predicted octanol–water partition coefficient (Wildman–Crippen LogP) is 13.5. The van der Waals surface area contributed by atoms with Crippen LogP contribution in [0.25, 0.3) is 104 Å². The van der Waals surface area contributed by atoms with E-state index >= 15 is 0 Å². The van der Waals surface area contributed by atoms with Gasteiger partial charge in [-0.15, -0.1) is 0 Å². The molecule has 0 aliphatic heterocycles. The molecule has 0 aliphatic carbocycles. The summed E-state index contributed by atoms with van der Waals surface area (Å²) in [6.45, 7) is 0. The van der Waals surface area contributed by atoms with Gasteiger partial charge in [-0.05, 0) is 97.0 Å². The summed E-state index contributed by atoms with van der Waals surface area (Å²) in [6.07, 6.45) is 0. The first-order valence-electron chi connectivity index (χ1n) is 17.2. The second kappa shape index (κ2) is 10.4. The van der Waals surface area contributed by atoms with Crippen LogP contribution in [0.4, 0.5) is 0 Å². The highest BCUT2D eigenvalue weighted by Gasteiger charge is 2.18. The molecule has 0 amide bonds. The van der Waals surface area contributed by atoms with Crippen LogP contribution in [0, 0.1) is 0 Å². The van der Waals surface area contributed by atoms with Crippen molar-refractivity contribution in [3.05, 3.63) is 176 Å². The summed E-state index contributed by atoms with van der Waals surface area (Å²) >= 11 is 0. The molecule has 0 saturated heterocycles. The minimum Gasteiger partial charge on any atom is -0.456 e. The van der Waals surface area contributed by atoms with Gasteiger partial charge in [0.15, 0.2) is 0 Å². The molecule has 2 aromatic heterocycles. The van der Waals surface area contributed by atoms with Crippen molar-refractivity contribution in [3.8, 4) is 27.9 Å². The van der Waals surface area contributed by atoms with Gasteiger partial charge in [0.2, 0.25) is 0 Å². The van der Waals surface area contributed by atoms with Gasteiger partial charge in [-0.1, -0.05) is 133 Å². The van der Waals surface area contributed by atoms with Gasteiger partial charge < -0.3 is 8.98 Å². The second-order valence-electron chi connectivity index (χ2n) is 13.2. The number of aromatic nitrogens is 1. The fraction of sp³-hybridized carbons (Fsp3) is 0. The van der Waals surface area contributed by atoms with E-state index in [1.54, 1.807) is 0 Å². The fourth-order valence-corrected chi connectivity index (χ4v) is 8.44. The van der Waals surface area contributed by atoms with E-state index < -0.39 is 0 Å². The van der Waals surface area contributed by atoms with E-state index in [-0.39, 0.29) is 0 Å². The molecule has 0 radical (unpaired) electrons. The van der Waals surface area contributed by atoms with Gasteiger partial charge in [-0.2, -0.15) is 0 Å². The molecule has 232 valence electrons. The third-order valence-corrected chi connectivity index (χ3v) is 10.6. The van der Waals surface area contributed by atoms with E-state index in [1.165, 1.54) is 81.8 Å². The molecular weight excluding hydrogens is 607 g/mol. The molecule has 0 N–H and O–H groups in total.